The van der Waals surface area contributed by atoms with Gasteiger partial charge in [-0.15, -0.1) is 0 Å². The van der Waals surface area contributed by atoms with Crippen LogP contribution in [-0.4, -0.2) is 95.9 Å². The minimum atomic E-state index is -4.96. The van der Waals surface area contributed by atoms with Crippen molar-refractivity contribution >= 4 is 33.6 Å². The molecular weight excluding hydrogens is 1430 g/mol. The molecule has 0 aliphatic carbocycles. The lowest BCUT2D eigenvalue weighted by Gasteiger charge is -2.21. The first-order valence-corrected chi connectivity index (χ1v) is 45.7. The third-order valence-corrected chi connectivity index (χ3v) is 19.2. The second-order valence-electron chi connectivity index (χ2n) is 27.8. The SMILES string of the molecule is CC/C=C\C/C=C\C/C=C\C/C=C\C/C=C\C/C=C\CCC(=O)OC(COC(=O)CCCCCCCCCCC/C=C\C/C=C\C/C=C\C/C=C\C/C=C\CC)COP(=O)(O)OCC(O)COP(=O)(O)OCC(O)COC(=O)CCCCCCCCCCCCCCCCC/C=C\C/C=C\C/C=C\C/C=C\C/C=C\CC. The fraction of sp³-hybridized carbons (Fsp3) is 0.624. The van der Waals surface area contributed by atoms with E-state index in [1.807, 2.05) is 18.2 Å². The van der Waals surface area contributed by atoms with Gasteiger partial charge in [-0.3, -0.25) is 32.5 Å². The number of aliphatic hydroxyl groups is 2. The second kappa shape index (κ2) is 83.8. The lowest BCUT2D eigenvalue weighted by molar-refractivity contribution is -0.161. The Balaban J connectivity index is 4.62. The summed E-state index contributed by atoms with van der Waals surface area (Å²) in [4.78, 5) is 58.8. The molecule has 16 nitrogen and oxygen atoms in total. The lowest BCUT2D eigenvalue weighted by Crippen LogP contribution is -2.29. The first kappa shape index (κ1) is 105. The summed E-state index contributed by atoms with van der Waals surface area (Å²) in [5, 5.41) is 20.7. The van der Waals surface area contributed by atoms with E-state index >= 15 is 0 Å². The van der Waals surface area contributed by atoms with Crippen LogP contribution in [0.1, 0.15) is 316 Å². The van der Waals surface area contributed by atoms with Crippen LogP contribution >= 0.6 is 15.6 Å². The molecule has 0 saturated heterocycles. The summed E-state index contributed by atoms with van der Waals surface area (Å²) < 4.78 is 61.2. The number of phosphoric ester groups is 2. The molecule has 0 bridgehead atoms. The number of phosphoric acid groups is 2. The smallest absolute Gasteiger partial charge is 0.463 e. The highest BCUT2D eigenvalue weighted by Crippen LogP contribution is 2.45. The van der Waals surface area contributed by atoms with Crippen LogP contribution in [0.5, 0.6) is 0 Å². The Bertz CT molecular complexity index is 2800. The van der Waals surface area contributed by atoms with Crippen LogP contribution in [0, 0.1) is 0 Å². The van der Waals surface area contributed by atoms with Gasteiger partial charge in [-0.2, -0.15) is 0 Å². The predicted molar refractivity (Wildman–Crippen MR) is 463 cm³/mol. The molecule has 111 heavy (non-hydrogen) atoms. The van der Waals surface area contributed by atoms with Gasteiger partial charge in [-0.25, -0.2) is 9.13 Å². The van der Waals surface area contributed by atoms with Crippen LogP contribution in [0.2, 0.25) is 0 Å². The highest BCUT2D eigenvalue weighted by atomic mass is 31.2. The van der Waals surface area contributed by atoms with Crippen molar-refractivity contribution in [3.63, 3.8) is 0 Å². The Morgan fingerprint density at radius 2 is 0.468 bits per heavy atom. The van der Waals surface area contributed by atoms with Crippen molar-refractivity contribution in [3.8, 4) is 0 Å². The van der Waals surface area contributed by atoms with E-state index in [4.69, 9.17) is 32.3 Å². The van der Waals surface area contributed by atoms with Crippen molar-refractivity contribution in [2.75, 3.05) is 39.6 Å². The van der Waals surface area contributed by atoms with Crippen LogP contribution in [-0.2, 0) is 55.8 Å². The highest BCUT2D eigenvalue weighted by Gasteiger charge is 2.29. The molecule has 0 spiro atoms. The molecule has 0 aliphatic rings. The maximum Gasteiger partial charge on any atom is 0.472 e. The number of aliphatic hydroxyl groups excluding tert-OH is 2. The topological polar surface area (TPSA) is 231 Å². The molecule has 0 aromatic heterocycles. The van der Waals surface area contributed by atoms with Crippen LogP contribution in [0.25, 0.3) is 0 Å². The van der Waals surface area contributed by atoms with Gasteiger partial charge in [0.05, 0.1) is 26.4 Å². The molecule has 0 saturated carbocycles. The molecule has 0 aromatic carbocycles. The van der Waals surface area contributed by atoms with E-state index in [1.54, 1.807) is 0 Å². The van der Waals surface area contributed by atoms with E-state index < -0.39 is 91.5 Å². The zero-order valence-electron chi connectivity index (χ0n) is 69.1. The predicted octanol–water partition coefficient (Wildman–Crippen LogP) is 25.9. The van der Waals surface area contributed by atoms with E-state index in [0.29, 0.717) is 25.7 Å². The number of carbonyl (C=O) groups is 3. The van der Waals surface area contributed by atoms with Crippen LogP contribution < -0.4 is 0 Å². The van der Waals surface area contributed by atoms with Gasteiger partial charge in [0.2, 0.25) is 0 Å². The fourth-order valence-electron chi connectivity index (χ4n) is 10.9. The number of ether oxygens (including phenoxy) is 3. The summed E-state index contributed by atoms with van der Waals surface area (Å²) in [6.45, 7) is 2.25. The van der Waals surface area contributed by atoms with Crippen molar-refractivity contribution in [1.82, 2.24) is 0 Å². The van der Waals surface area contributed by atoms with Gasteiger partial charge in [0.25, 0.3) is 0 Å². The van der Waals surface area contributed by atoms with Crippen molar-refractivity contribution in [3.05, 3.63) is 194 Å². The van der Waals surface area contributed by atoms with Crippen LogP contribution in [0.15, 0.2) is 194 Å². The summed E-state index contributed by atoms with van der Waals surface area (Å²) in [6.07, 6.45) is 111. The number of carbonyl (C=O) groups excluding carboxylic acids is 3. The van der Waals surface area contributed by atoms with E-state index in [2.05, 4.69) is 197 Å². The number of rotatable bonds is 79. The van der Waals surface area contributed by atoms with Gasteiger partial charge in [0, 0.05) is 19.3 Å². The highest BCUT2D eigenvalue weighted by molar-refractivity contribution is 7.47. The lowest BCUT2D eigenvalue weighted by atomic mass is 10.0. The Morgan fingerprint density at radius 1 is 0.252 bits per heavy atom. The van der Waals surface area contributed by atoms with Gasteiger partial charge in [-0.05, 0) is 148 Å². The number of allylic oxidation sites excluding steroid dienone is 32. The zero-order valence-corrected chi connectivity index (χ0v) is 70.8. The molecule has 4 N–H and O–H groups in total. The molecular formula is C93H152O16P2. The minimum absolute atomic E-state index is 0.0287. The molecule has 0 amide bonds. The fourth-order valence-corrected chi connectivity index (χ4v) is 12.5. The summed E-state index contributed by atoms with van der Waals surface area (Å²) in [7, 11) is -9.84. The molecule has 18 heteroatoms. The largest absolute Gasteiger partial charge is 0.472 e. The Hall–Kier alpha value is -5.61. The summed E-state index contributed by atoms with van der Waals surface area (Å²) >= 11 is 0. The molecule has 0 fully saturated rings. The van der Waals surface area contributed by atoms with Gasteiger partial charge in [-0.1, -0.05) is 344 Å². The molecule has 0 radical (unpaired) electrons. The van der Waals surface area contributed by atoms with E-state index in [1.165, 1.54) is 103 Å². The summed E-state index contributed by atoms with van der Waals surface area (Å²) in [5.41, 5.74) is 0. The molecule has 0 rings (SSSR count). The van der Waals surface area contributed by atoms with Crippen molar-refractivity contribution in [2.24, 2.45) is 0 Å². The minimum Gasteiger partial charge on any atom is -0.463 e. The second-order valence-corrected chi connectivity index (χ2v) is 30.7. The number of hydrogen-bond donors (Lipinski definition) is 4. The standard InChI is InChI=1S/C93H152O16P2/c1-4-7-10-13-16-19-22-25-28-31-34-36-38-40-41-42-43-44-45-47-49-50-53-55-58-61-64-67-70-73-76-79-91(96)103-82-88(94)83-105-110(99,100)106-84-89(95)85-107-111(101,102)108-87-90(109-93(98)81-78-75-72-69-66-63-60-57-52-33-30-27-24-21-18-15-12-9-6-3)86-104-92(97)80-77-74-71-68-65-62-59-56-54-51-48-46-39-37-35-32-29-26-23-20-17-14-11-8-5-2/h7-12,16-21,25-30,34-37,40-41,46,48,52,57,63,66,72,75,88-90,94-95H,4-6,13-15,22-24,31-33,38-39,42-45,47,49-51,53-56,58-62,64-65,67-71,73-74,76-87H2,1-3H3,(H,99,100)(H,101,102)/b10-7-,11-8-,12-9-,19-16-,20-17-,21-18-,28-25-,29-26-,30-27-,36-34-,37-35-,41-40-,48-46-,57-52-,66-63-,75-72-. The molecule has 630 valence electrons. The van der Waals surface area contributed by atoms with Crippen LogP contribution in [0.4, 0.5) is 0 Å². The summed E-state index contributed by atoms with van der Waals surface area (Å²) in [6, 6.07) is 0. The Labute approximate surface area is 674 Å². The van der Waals surface area contributed by atoms with E-state index in [0.717, 1.165) is 148 Å². The normalized spacial score (nSPS) is 14.8. The third kappa shape index (κ3) is 85.1. The average molecular weight is 1590 g/mol. The first-order chi connectivity index (χ1) is 54.2. The maximum absolute atomic E-state index is 13.0. The van der Waals surface area contributed by atoms with Crippen molar-refractivity contribution in [2.45, 2.75) is 334 Å². The van der Waals surface area contributed by atoms with Gasteiger partial charge >= 0.3 is 33.6 Å². The van der Waals surface area contributed by atoms with Gasteiger partial charge in [0.15, 0.2) is 6.10 Å². The monoisotopic (exact) mass is 1590 g/mol. The average Bonchev–Trinajstić information content (AvgIpc) is 0.885. The quantitative estimate of drug-likeness (QED) is 0.0146. The van der Waals surface area contributed by atoms with E-state index in [-0.39, 0.29) is 19.3 Å². The summed E-state index contributed by atoms with van der Waals surface area (Å²) in [5.74, 6) is -1.69. The molecule has 0 aliphatic heterocycles. The first-order valence-electron chi connectivity index (χ1n) is 42.7. The number of esters is 3. The van der Waals surface area contributed by atoms with Gasteiger partial charge in [0.1, 0.15) is 25.4 Å². The van der Waals surface area contributed by atoms with Crippen molar-refractivity contribution < 1.29 is 75.8 Å². The molecule has 0 heterocycles. The van der Waals surface area contributed by atoms with E-state index in [9.17, 15) is 43.5 Å². The molecule has 5 unspecified atom stereocenters. The Kier molecular flexibility index (Phi) is 79.6. The van der Waals surface area contributed by atoms with Crippen molar-refractivity contribution in [1.29, 1.82) is 0 Å². The molecule has 5 atom stereocenters. The zero-order chi connectivity index (χ0) is 80.8. The number of hydrogen-bond acceptors (Lipinski definition) is 14. The maximum atomic E-state index is 13.0. The van der Waals surface area contributed by atoms with Crippen LogP contribution in [0.3, 0.4) is 0 Å². The Morgan fingerprint density at radius 3 is 0.748 bits per heavy atom. The van der Waals surface area contributed by atoms with Gasteiger partial charge < -0.3 is 34.2 Å². The molecule has 0 aromatic rings. The number of unbranched alkanes of at least 4 members (excludes halogenated alkanes) is 24. The third-order valence-electron chi connectivity index (χ3n) is 17.3.